The first-order valence-electron chi connectivity index (χ1n) is 7.50. The van der Waals surface area contributed by atoms with Crippen LogP contribution in [0.3, 0.4) is 0 Å². The lowest BCUT2D eigenvalue weighted by Crippen LogP contribution is -2.46. The molecule has 1 saturated heterocycles. The average molecular weight is 313 g/mol. The molecular formula is C18H19NO4. The first-order valence-corrected chi connectivity index (χ1v) is 7.50. The molecule has 2 aromatic carbocycles. The molecule has 23 heavy (non-hydrogen) atoms. The number of carbonyl (C=O) groups is 1. The van der Waals surface area contributed by atoms with Crippen molar-refractivity contribution in [3.05, 3.63) is 60.2 Å². The van der Waals surface area contributed by atoms with E-state index in [2.05, 4.69) is 5.32 Å². The molecule has 0 saturated carbocycles. The van der Waals surface area contributed by atoms with Gasteiger partial charge in [-0.3, -0.25) is 4.79 Å². The highest BCUT2D eigenvalue weighted by molar-refractivity contribution is 5.77. The molecule has 1 amide bonds. The van der Waals surface area contributed by atoms with Crippen molar-refractivity contribution in [3.8, 4) is 11.5 Å². The zero-order valence-electron chi connectivity index (χ0n) is 12.9. The molecule has 3 rings (SSSR count). The molecular weight excluding hydrogens is 294 g/mol. The third kappa shape index (κ3) is 3.81. The highest BCUT2D eigenvalue weighted by atomic mass is 16.5. The normalized spacial score (nSPS) is 18.8. The average Bonchev–Trinajstić information content (AvgIpc) is 2.62. The van der Waals surface area contributed by atoms with E-state index < -0.39 is 0 Å². The van der Waals surface area contributed by atoms with Crippen LogP contribution in [0.15, 0.2) is 54.6 Å². The Kier molecular flexibility index (Phi) is 4.78. The van der Waals surface area contributed by atoms with Crippen LogP contribution in [0.5, 0.6) is 11.5 Å². The van der Waals surface area contributed by atoms with Crippen molar-refractivity contribution < 1.29 is 19.0 Å². The summed E-state index contributed by atoms with van der Waals surface area (Å²) in [6, 6.07) is 17.3. The number of nitrogens with one attached hydrogen (secondary N) is 1. The number of hydrogen-bond donors (Lipinski definition) is 1. The fourth-order valence-corrected chi connectivity index (χ4v) is 2.50. The van der Waals surface area contributed by atoms with Crippen molar-refractivity contribution in [1.82, 2.24) is 5.32 Å². The third-order valence-electron chi connectivity index (χ3n) is 3.72. The van der Waals surface area contributed by atoms with Crippen LogP contribution in [0.25, 0.3) is 0 Å². The van der Waals surface area contributed by atoms with Gasteiger partial charge in [0.15, 0.2) is 6.10 Å². The van der Waals surface area contributed by atoms with E-state index in [1.807, 2.05) is 54.6 Å². The molecule has 0 aromatic heterocycles. The lowest BCUT2D eigenvalue weighted by molar-refractivity contribution is -0.137. The molecule has 0 aliphatic carbocycles. The first kappa shape index (κ1) is 15.4. The zero-order valence-corrected chi connectivity index (χ0v) is 12.9. The summed E-state index contributed by atoms with van der Waals surface area (Å²) in [5, 5.41) is 2.82. The molecule has 2 aromatic rings. The summed E-state index contributed by atoms with van der Waals surface area (Å²) >= 11 is 0. The molecule has 0 spiro atoms. The first-order chi connectivity index (χ1) is 11.3. The predicted octanol–water partition coefficient (Wildman–Crippen LogP) is 2.33. The molecule has 5 nitrogen and oxygen atoms in total. The van der Waals surface area contributed by atoms with E-state index in [9.17, 15) is 4.79 Å². The molecule has 1 aliphatic rings. The van der Waals surface area contributed by atoms with Gasteiger partial charge < -0.3 is 19.5 Å². The Balaban J connectivity index is 1.81. The van der Waals surface area contributed by atoms with Crippen molar-refractivity contribution in [1.29, 1.82) is 0 Å². The number of hydrogen-bond acceptors (Lipinski definition) is 4. The van der Waals surface area contributed by atoms with Gasteiger partial charge >= 0.3 is 0 Å². The second kappa shape index (κ2) is 7.15. The Bertz CT molecular complexity index is 632. The van der Waals surface area contributed by atoms with E-state index in [1.54, 1.807) is 7.11 Å². The maximum Gasteiger partial charge on any atom is 0.246 e. The summed E-state index contributed by atoms with van der Waals surface area (Å²) in [7, 11) is 1.63. The second-order valence-corrected chi connectivity index (χ2v) is 5.28. The lowest BCUT2D eigenvalue weighted by atomic mass is 10.0. The predicted molar refractivity (Wildman–Crippen MR) is 85.6 cm³/mol. The minimum Gasteiger partial charge on any atom is -0.497 e. The highest BCUT2D eigenvalue weighted by Crippen LogP contribution is 2.28. The number of rotatable bonds is 5. The van der Waals surface area contributed by atoms with Gasteiger partial charge in [-0.2, -0.15) is 0 Å². The molecule has 0 radical (unpaired) electrons. The molecule has 2 atom stereocenters. The summed E-state index contributed by atoms with van der Waals surface area (Å²) in [4.78, 5) is 11.3. The largest absolute Gasteiger partial charge is 0.497 e. The topological polar surface area (TPSA) is 56.8 Å². The Labute approximate surface area is 135 Å². The fraction of sp³-hybridized carbons (Fsp3) is 0.278. The fourth-order valence-electron chi connectivity index (χ4n) is 2.50. The minimum absolute atomic E-state index is 0.0555. The summed E-state index contributed by atoms with van der Waals surface area (Å²) in [6.07, 6.45) is -0.539. The van der Waals surface area contributed by atoms with Crippen LogP contribution in [0.4, 0.5) is 0 Å². The minimum atomic E-state index is -0.301. The van der Waals surface area contributed by atoms with Gasteiger partial charge in [-0.25, -0.2) is 0 Å². The van der Waals surface area contributed by atoms with Crippen LogP contribution in [-0.4, -0.2) is 32.3 Å². The molecule has 0 bridgehead atoms. The summed E-state index contributed by atoms with van der Waals surface area (Å²) in [5.41, 5.74) is 1.00. The zero-order chi connectivity index (χ0) is 16.1. The van der Waals surface area contributed by atoms with Gasteiger partial charge in [0.25, 0.3) is 0 Å². The molecule has 5 heteroatoms. The standard InChI is InChI=1S/C18H19NO4/c1-21-14-7-9-15(10-8-14)23-18(13-5-3-2-4-6-13)16-11-19-17(20)12-22-16/h2-10,16,18H,11-12H2,1H3,(H,19,20). The number of methoxy groups -OCH3 is 1. The number of morpholine rings is 1. The van der Waals surface area contributed by atoms with Crippen LogP contribution >= 0.6 is 0 Å². The Morgan fingerprint density at radius 3 is 2.39 bits per heavy atom. The van der Waals surface area contributed by atoms with E-state index in [1.165, 1.54) is 0 Å². The molecule has 1 fully saturated rings. The second-order valence-electron chi connectivity index (χ2n) is 5.28. The smallest absolute Gasteiger partial charge is 0.246 e. The van der Waals surface area contributed by atoms with E-state index in [4.69, 9.17) is 14.2 Å². The highest BCUT2D eigenvalue weighted by Gasteiger charge is 2.30. The van der Waals surface area contributed by atoms with E-state index in [0.717, 1.165) is 17.1 Å². The Hall–Kier alpha value is -2.53. The maximum absolute atomic E-state index is 11.3. The Morgan fingerprint density at radius 1 is 1.09 bits per heavy atom. The SMILES string of the molecule is COc1ccc(OC(c2ccccc2)C2CNC(=O)CO2)cc1. The van der Waals surface area contributed by atoms with Crippen molar-refractivity contribution in [2.75, 3.05) is 20.3 Å². The summed E-state index contributed by atoms with van der Waals surface area (Å²) < 4.78 is 17.0. The summed E-state index contributed by atoms with van der Waals surface area (Å²) in [5.74, 6) is 1.40. The number of amides is 1. The van der Waals surface area contributed by atoms with Crippen molar-refractivity contribution >= 4 is 5.91 Å². The van der Waals surface area contributed by atoms with Gasteiger partial charge in [-0.1, -0.05) is 30.3 Å². The number of ether oxygens (including phenoxy) is 3. The Morgan fingerprint density at radius 2 is 1.78 bits per heavy atom. The maximum atomic E-state index is 11.3. The molecule has 1 aliphatic heterocycles. The van der Waals surface area contributed by atoms with Crippen molar-refractivity contribution in [3.63, 3.8) is 0 Å². The summed E-state index contributed by atoms with van der Waals surface area (Å²) in [6.45, 7) is 0.481. The molecule has 120 valence electrons. The number of carbonyl (C=O) groups excluding carboxylic acids is 1. The van der Waals surface area contributed by atoms with Crippen LogP contribution in [0.1, 0.15) is 11.7 Å². The quantitative estimate of drug-likeness (QED) is 0.920. The van der Waals surface area contributed by atoms with Crippen LogP contribution < -0.4 is 14.8 Å². The molecule has 1 heterocycles. The van der Waals surface area contributed by atoms with Crippen LogP contribution in [0, 0.1) is 0 Å². The third-order valence-corrected chi connectivity index (χ3v) is 3.72. The van der Waals surface area contributed by atoms with Gasteiger partial charge in [0.05, 0.1) is 7.11 Å². The van der Waals surface area contributed by atoms with Crippen LogP contribution in [0.2, 0.25) is 0 Å². The van der Waals surface area contributed by atoms with Gasteiger partial charge in [0.1, 0.15) is 24.2 Å². The van der Waals surface area contributed by atoms with Crippen molar-refractivity contribution in [2.24, 2.45) is 0 Å². The van der Waals surface area contributed by atoms with E-state index in [0.29, 0.717) is 6.54 Å². The van der Waals surface area contributed by atoms with Gasteiger partial charge in [-0.05, 0) is 29.8 Å². The van der Waals surface area contributed by atoms with Crippen LogP contribution in [-0.2, 0) is 9.53 Å². The monoisotopic (exact) mass is 313 g/mol. The lowest BCUT2D eigenvalue weighted by Gasteiger charge is -2.31. The number of benzene rings is 2. The van der Waals surface area contributed by atoms with Gasteiger partial charge in [0, 0.05) is 6.54 Å². The van der Waals surface area contributed by atoms with Crippen molar-refractivity contribution in [2.45, 2.75) is 12.2 Å². The van der Waals surface area contributed by atoms with E-state index >= 15 is 0 Å². The molecule has 2 unspecified atom stereocenters. The molecule has 1 N–H and O–H groups in total. The van der Waals surface area contributed by atoms with Gasteiger partial charge in [-0.15, -0.1) is 0 Å². The van der Waals surface area contributed by atoms with E-state index in [-0.39, 0.29) is 24.7 Å². The van der Waals surface area contributed by atoms with Gasteiger partial charge in [0.2, 0.25) is 5.91 Å².